The van der Waals surface area contributed by atoms with Crippen molar-refractivity contribution >= 4 is 0 Å². The molecule has 0 aromatic heterocycles. The summed E-state index contributed by atoms with van der Waals surface area (Å²) < 4.78 is 5.73. The zero-order valence-electron chi connectivity index (χ0n) is 16.1. The highest BCUT2D eigenvalue weighted by Crippen LogP contribution is 2.27. The lowest BCUT2D eigenvalue weighted by molar-refractivity contribution is -0.0167. The Morgan fingerprint density at radius 1 is 1.08 bits per heavy atom. The van der Waals surface area contributed by atoms with Gasteiger partial charge in [0, 0.05) is 57.4 Å². The monoisotopic (exact) mass is 343 g/mol. The van der Waals surface area contributed by atoms with Crippen LogP contribution in [0.3, 0.4) is 0 Å². The molecule has 0 saturated carbocycles. The Labute approximate surface area is 152 Å². The van der Waals surface area contributed by atoms with Crippen molar-refractivity contribution in [3.05, 3.63) is 29.3 Å². The summed E-state index contributed by atoms with van der Waals surface area (Å²) in [6.45, 7) is 16.3. The summed E-state index contributed by atoms with van der Waals surface area (Å²) in [6, 6.07) is 7.55. The van der Waals surface area contributed by atoms with E-state index in [1.165, 1.54) is 56.8 Å². The molecule has 0 unspecified atom stereocenters. The molecule has 1 aromatic rings. The van der Waals surface area contributed by atoms with Crippen LogP contribution in [0.15, 0.2) is 18.2 Å². The van der Waals surface area contributed by atoms with Crippen LogP contribution in [-0.2, 0) is 13.0 Å². The maximum atomic E-state index is 5.73. The van der Waals surface area contributed by atoms with Crippen LogP contribution in [-0.4, -0.2) is 72.2 Å². The van der Waals surface area contributed by atoms with Crippen LogP contribution in [0.2, 0.25) is 0 Å². The topological polar surface area (TPSA) is 19.0 Å². The summed E-state index contributed by atoms with van der Waals surface area (Å²) in [5, 5.41) is 0. The Morgan fingerprint density at radius 2 is 1.84 bits per heavy atom. The number of hydrogen-bond acceptors (Lipinski definition) is 4. The van der Waals surface area contributed by atoms with E-state index in [1.54, 1.807) is 0 Å². The van der Waals surface area contributed by atoms with Gasteiger partial charge in [0.15, 0.2) is 0 Å². The van der Waals surface area contributed by atoms with Crippen LogP contribution < -0.4 is 4.74 Å². The lowest BCUT2D eigenvalue weighted by atomic mass is 10.00. The molecule has 3 heterocycles. The maximum Gasteiger partial charge on any atom is 0.122 e. The molecule has 0 radical (unpaired) electrons. The molecule has 4 rings (SSSR count). The molecule has 25 heavy (non-hydrogen) atoms. The number of aryl methyl sites for hydroxylation is 1. The van der Waals surface area contributed by atoms with Crippen LogP contribution in [0, 0.1) is 0 Å². The van der Waals surface area contributed by atoms with E-state index in [-0.39, 0.29) is 0 Å². The highest BCUT2D eigenvalue weighted by atomic mass is 16.5. The van der Waals surface area contributed by atoms with E-state index in [0.29, 0.717) is 5.54 Å². The third-order valence-electron chi connectivity index (χ3n) is 6.10. The smallest absolute Gasteiger partial charge is 0.122 e. The molecular formula is C21H33N3O. The predicted molar refractivity (Wildman–Crippen MR) is 102 cm³/mol. The highest BCUT2D eigenvalue weighted by Gasteiger charge is 2.35. The highest BCUT2D eigenvalue weighted by molar-refractivity contribution is 5.38. The molecule has 0 atom stereocenters. The third kappa shape index (κ3) is 3.86. The van der Waals surface area contributed by atoms with E-state index in [2.05, 4.69) is 53.7 Å². The van der Waals surface area contributed by atoms with Crippen molar-refractivity contribution in [2.24, 2.45) is 0 Å². The summed E-state index contributed by atoms with van der Waals surface area (Å²) in [5.74, 6) is 1.10. The van der Waals surface area contributed by atoms with Gasteiger partial charge in [-0.25, -0.2) is 0 Å². The van der Waals surface area contributed by atoms with Gasteiger partial charge >= 0.3 is 0 Å². The Kier molecular flexibility index (Phi) is 4.78. The number of likely N-dealkylation sites (tertiary alicyclic amines) is 1. The minimum absolute atomic E-state index is 0.313. The fourth-order valence-electron chi connectivity index (χ4n) is 4.43. The summed E-state index contributed by atoms with van der Waals surface area (Å²) in [4.78, 5) is 7.92. The van der Waals surface area contributed by atoms with Crippen molar-refractivity contribution < 1.29 is 4.74 Å². The molecule has 2 saturated heterocycles. The van der Waals surface area contributed by atoms with Gasteiger partial charge < -0.3 is 4.74 Å². The molecular weight excluding hydrogens is 310 g/mol. The van der Waals surface area contributed by atoms with Gasteiger partial charge in [0.25, 0.3) is 0 Å². The maximum absolute atomic E-state index is 5.73. The molecule has 3 aliphatic heterocycles. The van der Waals surface area contributed by atoms with Gasteiger partial charge in [0.2, 0.25) is 0 Å². The molecule has 1 aromatic carbocycles. The Morgan fingerprint density at radius 3 is 2.56 bits per heavy atom. The van der Waals surface area contributed by atoms with E-state index < -0.39 is 0 Å². The van der Waals surface area contributed by atoms with Gasteiger partial charge in [-0.2, -0.15) is 0 Å². The van der Waals surface area contributed by atoms with Gasteiger partial charge in [0.1, 0.15) is 5.75 Å². The van der Waals surface area contributed by atoms with Gasteiger partial charge in [0.05, 0.1) is 6.61 Å². The number of benzene rings is 1. The number of fused-ring (bicyclic) bond motifs is 1. The van der Waals surface area contributed by atoms with E-state index in [1.807, 2.05) is 0 Å². The second-order valence-electron chi connectivity index (χ2n) is 8.94. The van der Waals surface area contributed by atoms with E-state index in [4.69, 9.17) is 4.74 Å². The van der Waals surface area contributed by atoms with E-state index in [9.17, 15) is 0 Å². The molecule has 0 bridgehead atoms. The zero-order chi connectivity index (χ0) is 17.4. The Bertz CT molecular complexity index is 596. The Balaban J connectivity index is 1.25. The summed E-state index contributed by atoms with van der Waals surface area (Å²) in [6.07, 6.45) is 2.33. The second-order valence-corrected chi connectivity index (χ2v) is 8.94. The van der Waals surface area contributed by atoms with Gasteiger partial charge in [-0.1, -0.05) is 12.1 Å². The first-order chi connectivity index (χ1) is 12.0. The van der Waals surface area contributed by atoms with E-state index in [0.717, 1.165) is 31.4 Å². The summed E-state index contributed by atoms with van der Waals surface area (Å²) >= 11 is 0. The van der Waals surface area contributed by atoms with Crippen molar-refractivity contribution in [1.29, 1.82) is 0 Å². The normalized spacial score (nSPS) is 23.8. The van der Waals surface area contributed by atoms with Crippen LogP contribution in [0.4, 0.5) is 0 Å². The fourth-order valence-corrected chi connectivity index (χ4v) is 4.43. The third-order valence-corrected chi connectivity index (χ3v) is 6.10. The van der Waals surface area contributed by atoms with Crippen LogP contribution in [0.5, 0.6) is 5.75 Å². The number of nitrogens with zero attached hydrogens (tertiary/aromatic N) is 3. The standard InChI is InChI=1S/C21H33N3O/c1-21(2,3)24-10-8-23(9-11-24)19-15-22(16-19)14-17-6-7-20-18(13-17)5-4-12-25-20/h6-7,13,19H,4-5,8-12,14-16H2,1-3H3. The summed E-state index contributed by atoms with van der Waals surface area (Å²) in [7, 11) is 0. The second kappa shape index (κ2) is 6.90. The molecule has 4 nitrogen and oxygen atoms in total. The molecule has 2 fully saturated rings. The largest absolute Gasteiger partial charge is 0.493 e. The van der Waals surface area contributed by atoms with Gasteiger partial charge in [-0.05, 0) is 50.8 Å². The fraction of sp³-hybridized carbons (Fsp3) is 0.714. The number of rotatable bonds is 3. The molecule has 0 N–H and O–H groups in total. The van der Waals surface area contributed by atoms with Gasteiger partial charge in [-0.3, -0.25) is 14.7 Å². The number of ether oxygens (including phenoxy) is 1. The van der Waals surface area contributed by atoms with Crippen molar-refractivity contribution in [2.45, 2.75) is 51.7 Å². The molecule has 0 amide bonds. The van der Waals surface area contributed by atoms with Crippen molar-refractivity contribution in [3.63, 3.8) is 0 Å². The first-order valence-corrected chi connectivity index (χ1v) is 9.95. The average Bonchev–Trinajstić information content (AvgIpc) is 2.57. The first-order valence-electron chi connectivity index (χ1n) is 9.95. The minimum Gasteiger partial charge on any atom is -0.493 e. The van der Waals surface area contributed by atoms with Crippen LogP contribution in [0.25, 0.3) is 0 Å². The lowest BCUT2D eigenvalue weighted by Gasteiger charge is -2.50. The number of hydrogen-bond donors (Lipinski definition) is 0. The van der Waals surface area contributed by atoms with Crippen molar-refractivity contribution in [2.75, 3.05) is 45.9 Å². The number of piperazine rings is 1. The lowest BCUT2D eigenvalue weighted by Crippen LogP contribution is -2.64. The first kappa shape index (κ1) is 17.3. The average molecular weight is 344 g/mol. The van der Waals surface area contributed by atoms with Gasteiger partial charge in [-0.15, -0.1) is 0 Å². The quantitative estimate of drug-likeness (QED) is 0.840. The summed E-state index contributed by atoms with van der Waals surface area (Å²) in [5.41, 5.74) is 3.16. The SMILES string of the molecule is CC(C)(C)N1CCN(C2CN(Cc3ccc4c(c3)CCCO4)C2)CC1. The van der Waals surface area contributed by atoms with Crippen molar-refractivity contribution in [3.8, 4) is 5.75 Å². The van der Waals surface area contributed by atoms with Crippen LogP contribution >= 0.6 is 0 Å². The predicted octanol–water partition coefficient (Wildman–Crippen LogP) is 2.61. The molecule has 0 aliphatic carbocycles. The molecule has 4 heteroatoms. The van der Waals surface area contributed by atoms with Crippen molar-refractivity contribution in [1.82, 2.24) is 14.7 Å². The minimum atomic E-state index is 0.313. The molecule has 3 aliphatic rings. The van der Waals surface area contributed by atoms with E-state index >= 15 is 0 Å². The Hall–Kier alpha value is -1.10. The molecule has 0 spiro atoms. The van der Waals surface area contributed by atoms with Crippen LogP contribution in [0.1, 0.15) is 38.3 Å². The molecule has 138 valence electrons. The zero-order valence-corrected chi connectivity index (χ0v) is 16.1.